The first-order valence-corrected chi connectivity index (χ1v) is 17.8. The summed E-state index contributed by atoms with van der Waals surface area (Å²) in [5.41, 5.74) is 12.3. The van der Waals surface area contributed by atoms with Gasteiger partial charge in [-0.15, -0.1) is 0 Å². The molecular weight excluding hydrogens is 631 g/mol. The molecule has 0 unspecified atom stereocenters. The van der Waals surface area contributed by atoms with Crippen LogP contribution >= 0.6 is 0 Å². The monoisotopic (exact) mass is 663 g/mol. The molecule has 0 aliphatic carbocycles. The average molecular weight is 664 g/mol. The Labute approximate surface area is 302 Å². The fourth-order valence-corrected chi connectivity index (χ4v) is 7.79. The van der Waals surface area contributed by atoms with Gasteiger partial charge in [0.2, 0.25) is 0 Å². The summed E-state index contributed by atoms with van der Waals surface area (Å²) in [6.07, 6.45) is 0. The van der Waals surface area contributed by atoms with Gasteiger partial charge in [-0.1, -0.05) is 152 Å². The molecule has 2 heteroatoms. The third kappa shape index (κ3) is 5.12. The van der Waals surface area contributed by atoms with Crippen LogP contribution in [-0.2, 0) is 0 Å². The van der Waals surface area contributed by atoms with Crippen LogP contribution in [0.5, 0.6) is 0 Å². The fraction of sp³-hybridized carbons (Fsp3) is 0. The second kappa shape index (κ2) is 12.5. The van der Waals surface area contributed by atoms with Crippen molar-refractivity contribution in [2.24, 2.45) is 0 Å². The summed E-state index contributed by atoms with van der Waals surface area (Å²) in [5, 5.41) is 7.16. The number of para-hydroxylation sites is 1. The summed E-state index contributed by atoms with van der Waals surface area (Å²) in [6.45, 7) is 0. The molecule has 0 N–H and O–H groups in total. The Kier molecular flexibility index (Phi) is 7.18. The molecule has 0 saturated heterocycles. The number of rotatable bonds is 6. The number of fused-ring (bicyclic) bond motifs is 5. The Morgan fingerprint density at radius 1 is 0.327 bits per heavy atom. The first kappa shape index (κ1) is 30.0. The van der Waals surface area contributed by atoms with E-state index in [4.69, 9.17) is 4.42 Å². The molecule has 0 amide bonds. The highest BCUT2D eigenvalue weighted by Crippen LogP contribution is 2.42. The molecule has 0 bridgehead atoms. The summed E-state index contributed by atoms with van der Waals surface area (Å²) in [5.74, 6) is 0. The Morgan fingerprint density at radius 3 is 1.77 bits per heavy atom. The molecule has 0 aliphatic heterocycles. The second-order valence-corrected chi connectivity index (χ2v) is 13.3. The van der Waals surface area contributed by atoms with Crippen LogP contribution in [0.2, 0.25) is 0 Å². The van der Waals surface area contributed by atoms with E-state index in [0.29, 0.717) is 0 Å². The van der Waals surface area contributed by atoms with E-state index in [9.17, 15) is 0 Å². The lowest BCUT2D eigenvalue weighted by Crippen LogP contribution is -2.10. The molecule has 52 heavy (non-hydrogen) atoms. The van der Waals surface area contributed by atoms with Crippen molar-refractivity contribution in [3.8, 4) is 33.4 Å². The number of hydrogen-bond donors (Lipinski definition) is 0. The highest BCUT2D eigenvalue weighted by Gasteiger charge is 2.18. The Hall–Kier alpha value is -6.90. The van der Waals surface area contributed by atoms with Gasteiger partial charge in [0.05, 0.1) is 5.69 Å². The van der Waals surface area contributed by atoms with Gasteiger partial charge in [0.15, 0.2) is 0 Å². The minimum absolute atomic E-state index is 0.876. The SMILES string of the molecule is c1ccc(-c2cccc3cccc(-c4cccc(-c5ccc(N(c6ccc7c(c6)oc6ccccc67)c6cccc7ccccc67)cc5)c4)c23)cc1. The van der Waals surface area contributed by atoms with Crippen LogP contribution in [0.15, 0.2) is 205 Å². The van der Waals surface area contributed by atoms with Gasteiger partial charge in [0, 0.05) is 33.6 Å². The van der Waals surface area contributed by atoms with Crippen molar-refractivity contribution in [3.63, 3.8) is 0 Å². The number of hydrogen-bond acceptors (Lipinski definition) is 2. The van der Waals surface area contributed by atoms with Gasteiger partial charge in [-0.2, -0.15) is 0 Å². The number of benzene rings is 9. The zero-order chi connectivity index (χ0) is 34.4. The highest BCUT2D eigenvalue weighted by atomic mass is 16.3. The van der Waals surface area contributed by atoms with E-state index in [1.165, 1.54) is 54.9 Å². The predicted molar refractivity (Wildman–Crippen MR) is 220 cm³/mol. The smallest absolute Gasteiger partial charge is 0.137 e. The van der Waals surface area contributed by atoms with Crippen LogP contribution in [0.25, 0.3) is 76.9 Å². The van der Waals surface area contributed by atoms with Gasteiger partial charge < -0.3 is 9.32 Å². The lowest BCUT2D eigenvalue weighted by molar-refractivity contribution is 0.669. The van der Waals surface area contributed by atoms with Crippen molar-refractivity contribution in [2.45, 2.75) is 0 Å². The maximum atomic E-state index is 6.36. The van der Waals surface area contributed by atoms with Crippen molar-refractivity contribution in [1.29, 1.82) is 0 Å². The molecule has 0 saturated carbocycles. The van der Waals surface area contributed by atoms with E-state index in [-0.39, 0.29) is 0 Å². The maximum Gasteiger partial charge on any atom is 0.137 e. The molecule has 2 nitrogen and oxygen atoms in total. The summed E-state index contributed by atoms with van der Waals surface area (Å²) in [4.78, 5) is 2.34. The minimum atomic E-state index is 0.876. The van der Waals surface area contributed by atoms with Gasteiger partial charge in [-0.3, -0.25) is 0 Å². The van der Waals surface area contributed by atoms with Crippen LogP contribution in [0.4, 0.5) is 17.1 Å². The lowest BCUT2D eigenvalue weighted by Gasteiger charge is -2.27. The van der Waals surface area contributed by atoms with E-state index in [1.54, 1.807) is 0 Å². The minimum Gasteiger partial charge on any atom is -0.456 e. The highest BCUT2D eigenvalue weighted by molar-refractivity contribution is 6.08. The number of furan rings is 1. The molecular formula is C50H33NO. The first-order valence-electron chi connectivity index (χ1n) is 17.8. The molecule has 0 fully saturated rings. The molecule has 244 valence electrons. The van der Waals surface area contributed by atoms with Crippen molar-refractivity contribution in [1.82, 2.24) is 0 Å². The van der Waals surface area contributed by atoms with Crippen molar-refractivity contribution >= 4 is 60.5 Å². The van der Waals surface area contributed by atoms with Gasteiger partial charge in [0.25, 0.3) is 0 Å². The Morgan fingerprint density at radius 2 is 0.923 bits per heavy atom. The van der Waals surface area contributed by atoms with E-state index in [1.807, 2.05) is 12.1 Å². The molecule has 0 aliphatic rings. The zero-order valence-corrected chi connectivity index (χ0v) is 28.4. The number of anilines is 3. The summed E-state index contributed by atoms with van der Waals surface area (Å²) in [6, 6.07) is 71.7. The molecule has 9 aromatic carbocycles. The first-order chi connectivity index (χ1) is 25.8. The van der Waals surface area contributed by atoms with E-state index < -0.39 is 0 Å². The van der Waals surface area contributed by atoms with Crippen LogP contribution in [0, 0.1) is 0 Å². The molecule has 1 aromatic heterocycles. The maximum absolute atomic E-state index is 6.36. The zero-order valence-electron chi connectivity index (χ0n) is 28.4. The van der Waals surface area contributed by atoms with Gasteiger partial charge in [0.1, 0.15) is 11.2 Å². The molecule has 0 atom stereocenters. The lowest BCUT2D eigenvalue weighted by atomic mass is 9.90. The molecule has 10 aromatic rings. The van der Waals surface area contributed by atoms with Crippen LogP contribution in [-0.4, -0.2) is 0 Å². The molecule has 0 radical (unpaired) electrons. The summed E-state index contributed by atoms with van der Waals surface area (Å²) >= 11 is 0. The van der Waals surface area contributed by atoms with Crippen molar-refractivity contribution in [3.05, 3.63) is 200 Å². The normalized spacial score (nSPS) is 11.5. The van der Waals surface area contributed by atoms with E-state index in [0.717, 1.165) is 39.0 Å². The van der Waals surface area contributed by atoms with E-state index in [2.05, 4.69) is 193 Å². The van der Waals surface area contributed by atoms with E-state index >= 15 is 0 Å². The second-order valence-electron chi connectivity index (χ2n) is 13.3. The third-order valence-electron chi connectivity index (χ3n) is 10.2. The molecule has 0 spiro atoms. The third-order valence-corrected chi connectivity index (χ3v) is 10.2. The van der Waals surface area contributed by atoms with Crippen molar-refractivity contribution in [2.75, 3.05) is 4.90 Å². The molecule has 1 heterocycles. The predicted octanol–water partition coefficient (Wildman–Crippen LogP) is 14.4. The standard InChI is InChI=1S/C50H33NO/c1-2-12-36(13-3-1)43-22-9-16-37-17-10-23-44(50(37)43)39-19-8-18-38(32-39)34-26-28-40(29-27-34)51(47-24-11-15-35-14-4-5-20-42(35)47)41-30-31-46-45-21-6-7-25-48(45)52-49(46)33-41/h1-33H. The summed E-state index contributed by atoms with van der Waals surface area (Å²) < 4.78 is 6.36. The van der Waals surface area contributed by atoms with Gasteiger partial charge in [-0.05, 0) is 92.0 Å². The van der Waals surface area contributed by atoms with Crippen molar-refractivity contribution < 1.29 is 4.42 Å². The average Bonchev–Trinajstić information content (AvgIpc) is 3.59. The van der Waals surface area contributed by atoms with Gasteiger partial charge in [-0.25, -0.2) is 0 Å². The largest absolute Gasteiger partial charge is 0.456 e. The quantitative estimate of drug-likeness (QED) is 0.176. The van der Waals surface area contributed by atoms with Gasteiger partial charge >= 0.3 is 0 Å². The fourth-order valence-electron chi connectivity index (χ4n) is 7.79. The Bertz CT molecular complexity index is 2890. The molecule has 10 rings (SSSR count). The topological polar surface area (TPSA) is 16.4 Å². The van der Waals surface area contributed by atoms with Crippen LogP contribution in [0.1, 0.15) is 0 Å². The Balaban J connectivity index is 1.08. The summed E-state index contributed by atoms with van der Waals surface area (Å²) in [7, 11) is 0. The van der Waals surface area contributed by atoms with Crippen LogP contribution < -0.4 is 4.90 Å². The number of nitrogens with zero attached hydrogens (tertiary/aromatic N) is 1. The van der Waals surface area contributed by atoms with Crippen LogP contribution in [0.3, 0.4) is 0 Å².